The summed E-state index contributed by atoms with van der Waals surface area (Å²) < 4.78 is 16.3. The van der Waals surface area contributed by atoms with Crippen LogP contribution in [-0.2, 0) is 4.74 Å². The van der Waals surface area contributed by atoms with E-state index in [2.05, 4.69) is 17.1 Å². The summed E-state index contributed by atoms with van der Waals surface area (Å²) in [6.45, 7) is 3.17. The number of H-pyrrole nitrogens is 1. The zero-order valence-electron chi connectivity index (χ0n) is 14.0. The lowest BCUT2D eigenvalue weighted by atomic mass is 10.2. The SMILES string of the molecule is CCCOc1ccc(OCCOC(=O)c2n[nH]c3ccccc23)cc1. The topological polar surface area (TPSA) is 73.4 Å². The van der Waals surface area contributed by atoms with Gasteiger partial charge in [-0.2, -0.15) is 5.10 Å². The van der Waals surface area contributed by atoms with Gasteiger partial charge in [0.1, 0.15) is 24.7 Å². The summed E-state index contributed by atoms with van der Waals surface area (Å²) in [4.78, 5) is 12.1. The maximum atomic E-state index is 12.1. The molecule has 6 nitrogen and oxygen atoms in total. The van der Waals surface area contributed by atoms with Crippen molar-refractivity contribution in [1.82, 2.24) is 10.2 Å². The van der Waals surface area contributed by atoms with Gasteiger partial charge < -0.3 is 14.2 Å². The third-order valence-corrected chi connectivity index (χ3v) is 3.55. The molecule has 0 radical (unpaired) electrons. The Kier molecular flexibility index (Phi) is 5.51. The number of benzene rings is 2. The molecule has 0 saturated carbocycles. The number of esters is 1. The number of fused-ring (bicyclic) bond motifs is 1. The smallest absolute Gasteiger partial charge is 0.359 e. The number of aromatic nitrogens is 2. The number of para-hydroxylation sites is 1. The van der Waals surface area contributed by atoms with Crippen molar-refractivity contribution in [2.24, 2.45) is 0 Å². The zero-order valence-corrected chi connectivity index (χ0v) is 14.0. The Hall–Kier alpha value is -3.02. The van der Waals surface area contributed by atoms with Gasteiger partial charge in [0, 0.05) is 5.39 Å². The number of aromatic amines is 1. The lowest BCUT2D eigenvalue weighted by Crippen LogP contribution is -2.13. The van der Waals surface area contributed by atoms with Crippen LogP contribution in [0.5, 0.6) is 11.5 Å². The molecule has 130 valence electrons. The van der Waals surface area contributed by atoms with Crippen molar-refractivity contribution in [3.05, 3.63) is 54.2 Å². The molecule has 0 aliphatic heterocycles. The van der Waals surface area contributed by atoms with E-state index in [9.17, 15) is 4.79 Å². The largest absolute Gasteiger partial charge is 0.494 e. The van der Waals surface area contributed by atoms with Gasteiger partial charge in [0.25, 0.3) is 0 Å². The van der Waals surface area contributed by atoms with Crippen molar-refractivity contribution >= 4 is 16.9 Å². The van der Waals surface area contributed by atoms with E-state index >= 15 is 0 Å². The second kappa shape index (κ2) is 8.19. The van der Waals surface area contributed by atoms with E-state index in [1.165, 1.54) is 0 Å². The minimum absolute atomic E-state index is 0.147. The monoisotopic (exact) mass is 340 g/mol. The molecule has 0 fully saturated rings. The Morgan fingerprint density at radius 1 is 0.960 bits per heavy atom. The van der Waals surface area contributed by atoms with E-state index in [1.807, 2.05) is 48.5 Å². The fraction of sp³-hybridized carbons (Fsp3) is 0.263. The maximum absolute atomic E-state index is 12.1. The van der Waals surface area contributed by atoms with E-state index < -0.39 is 5.97 Å². The second-order valence-electron chi connectivity index (χ2n) is 5.42. The molecular weight excluding hydrogens is 320 g/mol. The minimum Gasteiger partial charge on any atom is -0.494 e. The lowest BCUT2D eigenvalue weighted by molar-refractivity contribution is 0.0446. The molecule has 6 heteroatoms. The van der Waals surface area contributed by atoms with Crippen LogP contribution in [-0.4, -0.2) is 36.0 Å². The normalized spacial score (nSPS) is 10.6. The third kappa shape index (κ3) is 4.29. The van der Waals surface area contributed by atoms with Crippen molar-refractivity contribution in [1.29, 1.82) is 0 Å². The van der Waals surface area contributed by atoms with Crippen LogP contribution >= 0.6 is 0 Å². The molecule has 0 spiro atoms. The molecule has 0 aliphatic rings. The second-order valence-corrected chi connectivity index (χ2v) is 5.42. The van der Waals surface area contributed by atoms with Crippen molar-refractivity contribution in [3.63, 3.8) is 0 Å². The van der Waals surface area contributed by atoms with Gasteiger partial charge in [0.15, 0.2) is 5.69 Å². The highest BCUT2D eigenvalue weighted by Crippen LogP contribution is 2.18. The van der Waals surface area contributed by atoms with Crippen LogP contribution in [0.1, 0.15) is 23.8 Å². The van der Waals surface area contributed by atoms with Crippen LogP contribution < -0.4 is 9.47 Å². The van der Waals surface area contributed by atoms with E-state index in [1.54, 1.807) is 0 Å². The number of hydrogen-bond donors (Lipinski definition) is 1. The van der Waals surface area contributed by atoms with Gasteiger partial charge in [-0.1, -0.05) is 25.1 Å². The van der Waals surface area contributed by atoms with Crippen LogP contribution in [0.25, 0.3) is 10.9 Å². The predicted molar refractivity (Wildman–Crippen MR) is 94.1 cm³/mol. The zero-order chi connectivity index (χ0) is 17.5. The molecule has 3 rings (SSSR count). The van der Waals surface area contributed by atoms with Crippen LogP contribution in [0.2, 0.25) is 0 Å². The van der Waals surface area contributed by atoms with Gasteiger partial charge in [-0.25, -0.2) is 4.79 Å². The molecule has 0 saturated heterocycles. The molecule has 0 aliphatic carbocycles. The minimum atomic E-state index is -0.468. The number of nitrogens with one attached hydrogen (secondary N) is 1. The molecule has 2 aromatic carbocycles. The number of rotatable bonds is 8. The number of nitrogens with zero attached hydrogens (tertiary/aromatic N) is 1. The highest BCUT2D eigenvalue weighted by Gasteiger charge is 2.14. The molecule has 0 unspecified atom stereocenters. The van der Waals surface area contributed by atoms with Gasteiger partial charge in [0.2, 0.25) is 0 Å². The summed E-state index contributed by atoms with van der Waals surface area (Å²) in [5, 5.41) is 7.57. The summed E-state index contributed by atoms with van der Waals surface area (Å²) in [6.07, 6.45) is 0.967. The number of hydrogen-bond acceptors (Lipinski definition) is 5. The highest BCUT2D eigenvalue weighted by atomic mass is 16.6. The first kappa shape index (κ1) is 16.8. The van der Waals surface area contributed by atoms with Crippen LogP contribution in [0.3, 0.4) is 0 Å². The third-order valence-electron chi connectivity index (χ3n) is 3.55. The maximum Gasteiger partial charge on any atom is 0.359 e. The van der Waals surface area contributed by atoms with Gasteiger partial charge in [-0.15, -0.1) is 0 Å². The van der Waals surface area contributed by atoms with Crippen molar-refractivity contribution < 1.29 is 19.0 Å². The van der Waals surface area contributed by atoms with Gasteiger partial charge >= 0.3 is 5.97 Å². The summed E-state index contributed by atoms with van der Waals surface area (Å²) in [5.41, 5.74) is 1.09. The standard InChI is InChI=1S/C19H20N2O4/c1-2-11-23-14-7-9-15(10-8-14)24-12-13-25-19(22)18-16-5-3-4-6-17(16)20-21-18/h3-10H,2,11-13H2,1H3,(H,20,21). The van der Waals surface area contributed by atoms with Crippen molar-refractivity contribution in [2.75, 3.05) is 19.8 Å². The first-order valence-corrected chi connectivity index (χ1v) is 8.24. The van der Waals surface area contributed by atoms with Crippen molar-refractivity contribution in [2.45, 2.75) is 13.3 Å². The van der Waals surface area contributed by atoms with E-state index in [-0.39, 0.29) is 18.9 Å². The van der Waals surface area contributed by atoms with Gasteiger partial charge in [-0.3, -0.25) is 5.10 Å². The molecular formula is C19H20N2O4. The molecule has 1 heterocycles. The molecule has 3 aromatic rings. The quantitative estimate of drug-likeness (QED) is 0.501. The number of carbonyl (C=O) groups excluding carboxylic acids is 1. The summed E-state index contributed by atoms with van der Waals surface area (Å²) in [6, 6.07) is 14.8. The molecule has 0 atom stereocenters. The molecule has 0 bridgehead atoms. The van der Waals surface area contributed by atoms with Gasteiger partial charge in [-0.05, 0) is 36.8 Å². The van der Waals surface area contributed by atoms with E-state index in [0.29, 0.717) is 12.4 Å². The molecule has 25 heavy (non-hydrogen) atoms. The van der Waals surface area contributed by atoms with Crippen LogP contribution in [0, 0.1) is 0 Å². The van der Waals surface area contributed by atoms with Gasteiger partial charge in [0.05, 0.1) is 12.1 Å². The fourth-order valence-corrected chi connectivity index (χ4v) is 2.33. The molecule has 1 aromatic heterocycles. The Morgan fingerprint density at radius 3 is 2.36 bits per heavy atom. The Balaban J connectivity index is 1.46. The average molecular weight is 340 g/mol. The first-order chi connectivity index (χ1) is 12.3. The summed E-state index contributed by atoms with van der Waals surface area (Å²) in [5.74, 6) is 1.04. The Bertz CT molecular complexity index is 827. The summed E-state index contributed by atoms with van der Waals surface area (Å²) in [7, 11) is 0. The van der Waals surface area contributed by atoms with Crippen LogP contribution in [0.4, 0.5) is 0 Å². The summed E-state index contributed by atoms with van der Waals surface area (Å²) >= 11 is 0. The predicted octanol–water partition coefficient (Wildman–Crippen LogP) is 3.59. The first-order valence-electron chi connectivity index (χ1n) is 8.24. The number of ether oxygens (including phenoxy) is 3. The van der Waals surface area contributed by atoms with Crippen LogP contribution in [0.15, 0.2) is 48.5 Å². The number of carbonyl (C=O) groups is 1. The Labute approximate surface area is 145 Å². The highest BCUT2D eigenvalue weighted by molar-refractivity contribution is 6.01. The average Bonchev–Trinajstić information content (AvgIpc) is 3.08. The van der Waals surface area contributed by atoms with E-state index in [4.69, 9.17) is 14.2 Å². The molecule has 1 N–H and O–H groups in total. The lowest BCUT2D eigenvalue weighted by Gasteiger charge is -2.08. The fourth-order valence-electron chi connectivity index (χ4n) is 2.33. The van der Waals surface area contributed by atoms with E-state index in [0.717, 1.165) is 23.1 Å². The Morgan fingerprint density at radius 2 is 1.64 bits per heavy atom. The molecule has 0 amide bonds. The van der Waals surface area contributed by atoms with Crippen molar-refractivity contribution in [3.8, 4) is 11.5 Å².